The van der Waals surface area contributed by atoms with Crippen molar-refractivity contribution in [2.75, 3.05) is 32.8 Å². The average Bonchev–Trinajstić information content (AvgIpc) is 3.02. The summed E-state index contributed by atoms with van der Waals surface area (Å²) in [6.07, 6.45) is 0.606. The lowest BCUT2D eigenvalue weighted by Gasteiger charge is -2.26. The van der Waals surface area contributed by atoms with Gasteiger partial charge >= 0.3 is 5.97 Å². The Labute approximate surface area is 169 Å². The average molecular weight is 395 g/mol. The van der Waals surface area contributed by atoms with Gasteiger partial charge in [-0.1, -0.05) is 42.5 Å². The summed E-state index contributed by atoms with van der Waals surface area (Å²) in [5.74, 6) is -1.34. The number of morpholine rings is 1. The molecule has 1 atom stereocenters. The number of aliphatic hydroxyl groups excluding tert-OH is 1. The van der Waals surface area contributed by atoms with Gasteiger partial charge in [-0.2, -0.15) is 0 Å². The lowest BCUT2D eigenvalue weighted by Crippen LogP contribution is -2.37. The van der Waals surface area contributed by atoms with Crippen molar-refractivity contribution in [3.63, 3.8) is 0 Å². The van der Waals surface area contributed by atoms with E-state index in [4.69, 9.17) is 9.47 Å². The molecule has 6 nitrogen and oxygen atoms in total. The first-order valence-electron chi connectivity index (χ1n) is 10.1. The number of cyclic esters (lactones) is 1. The predicted molar refractivity (Wildman–Crippen MR) is 109 cm³/mol. The summed E-state index contributed by atoms with van der Waals surface area (Å²) in [6.45, 7) is 4.10. The van der Waals surface area contributed by atoms with Crippen LogP contribution in [0.3, 0.4) is 0 Å². The minimum atomic E-state index is -0.723. The summed E-state index contributed by atoms with van der Waals surface area (Å²) in [5.41, 5.74) is 0.604. The highest BCUT2D eigenvalue weighted by atomic mass is 16.6. The monoisotopic (exact) mass is 395 g/mol. The number of carbonyl (C=O) groups is 2. The summed E-state index contributed by atoms with van der Waals surface area (Å²) in [6, 6.07) is 13.7. The Balaban J connectivity index is 1.38. The maximum absolute atomic E-state index is 12.7. The zero-order valence-corrected chi connectivity index (χ0v) is 16.3. The second kappa shape index (κ2) is 8.76. The number of carbonyl (C=O) groups excluding carboxylic acids is 2. The maximum Gasteiger partial charge on any atom is 0.346 e. The largest absolute Gasteiger partial charge is 0.507 e. The Kier molecular flexibility index (Phi) is 5.92. The molecule has 2 aliphatic rings. The van der Waals surface area contributed by atoms with Crippen LogP contribution in [-0.4, -0.2) is 60.7 Å². The highest BCUT2D eigenvalue weighted by Gasteiger charge is 2.37. The van der Waals surface area contributed by atoms with E-state index in [1.54, 1.807) is 0 Å². The van der Waals surface area contributed by atoms with Crippen LogP contribution >= 0.6 is 0 Å². The van der Waals surface area contributed by atoms with Crippen LogP contribution in [0.4, 0.5) is 0 Å². The van der Waals surface area contributed by atoms with E-state index < -0.39 is 17.9 Å². The van der Waals surface area contributed by atoms with Crippen LogP contribution in [0.25, 0.3) is 10.8 Å². The van der Waals surface area contributed by atoms with E-state index in [9.17, 15) is 14.7 Å². The number of ether oxygens (including phenoxy) is 2. The van der Waals surface area contributed by atoms with E-state index in [1.165, 1.54) is 0 Å². The maximum atomic E-state index is 12.7. The van der Waals surface area contributed by atoms with Crippen molar-refractivity contribution in [2.24, 2.45) is 0 Å². The molecule has 6 heteroatoms. The second-order valence-corrected chi connectivity index (χ2v) is 7.53. The fourth-order valence-electron chi connectivity index (χ4n) is 3.91. The molecule has 29 heavy (non-hydrogen) atoms. The molecule has 0 spiro atoms. The number of aliphatic hydroxyl groups is 1. The first kappa shape index (κ1) is 19.6. The summed E-state index contributed by atoms with van der Waals surface area (Å²) in [5, 5.41) is 12.6. The fraction of sp³-hybridized carbons (Fsp3) is 0.391. The van der Waals surface area contributed by atoms with Gasteiger partial charge < -0.3 is 14.6 Å². The molecule has 1 fully saturated rings. The zero-order valence-electron chi connectivity index (χ0n) is 16.3. The van der Waals surface area contributed by atoms with Gasteiger partial charge in [-0.15, -0.1) is 0 Å². The van der Waals surface area contributed by atoms with E-state index in [0.29, 0.717) is 6.42 Å². The Hall–Kier alpha value is -2.70. The number of nitrogens with zero attached hydrogens (tertiary/aromatic N) is 1. The molecule has 0 aliphatic carbocycles. The van der Waals surface area contributed by atoms with Crippen molar-refractivity contribution < 1.29 is 24.2 Å². The molecule has 1 saturated heterocycles. The number of esters is 1. The number of Topliss-reactive ketones (excluding diaryl/α,β-unsaturated/α-hetero) is 1. The number of benzene rings is 2. The Morgan fingerprint density at radius 2 is 1.86 bits per heavy atom. The molecule has 0 radical (unpaired) electrons. The third-order valence-electron chi connectivity index (χ3n) is 5.52. The van der Waals surface area contributed by atoms with E-state index in [2.05, 4.69) is 4.90 Å². The van der Waals surface area contributed by atoms with Gasteiger partial charge in [0.05, 0.1) is 13.2 Å². The number of hydrogen-bond donors (Lipinski definition) is 1. The van der Waals surface area contributed by atoms with Crippen molar-refractivity contribution in [3.05, 3.63) is 59.4 Å². The van der Waals surface area contributed by atoms with Crippen molar-refractivity contribution >= 4 is 22.5 Å². The van der Waals surface area contributed by atoms with Crippen LogP contribution in [0, 0.1) is 0 Å². The standard InChI is InChI=1S/C23H25NO5/c25-19(15-16-7-8-17-4-1-2-5-18(17)14-16)21-22(26)20(29-23(21)27)6-3-9-24-10-12-28-13-11-24/h1-2,4-5,7-8,14,20,26H,3,6,9-13,15H2. The van der Waals surface area contributed by atoms with E-state index in [0.717, 1.165) is 55.6 Å². The summed E-state index contributed by atoms with van der Waals surface area (Å²) in [4.78, 5) is 27.2. The minimum Gasteiger partial charge on any atom is -0.507 e. The predicted octanol–water partition coefficient (Wildman–Crippen LogP) is 2.80. The smallest absolute Gasteiger partial charge is 0.346 e. The van der Waals surface area contributed by atoms with Crippen LogP contribution in [-0.2, 0) is 25.5 Å². The molecule has 2 aliphatic heterocycles. The Bertz CT molecular complexity index is 945. The minimum absolute atomic E-state index is 0.0554. The highest BCUT2D eigenvalue weighted by Crippen LogP contribution is 2.26. The number of ketones is 1. The summed E-state index contributed by atoms with van der Waals surface area (Å²) >= 11 is 0. The van der Waals surface area contributed by atoms with E-state index in [1.807, 2.05) is 42.5 Å². The van der Waals surface area contributed by atoms with Crippen LogP contribution in [0.15, 0.2) is 53.8 Å². The normalized spacial score (nSPS) is 20.3. The van der Waals surface area contributed by atoms with Gasteiger partial charge in [0, 0.05) is 19.5 Å². The van der Waals surface area contributed by atoms with Gasteiger partial charge in [0.15, 0.2) is 17.6 Å². The quantitative estimate of drug-likeness (QED) is 0.574. The SMILES string of the molecule is O=C(Cc1ccc2ccccc2c1)C1=C(O)C(CCCN2CCOCC2)OC1=O. The van der Waals surface area contributed by atoms with Crippen LogP contribution < -0.4 is 0 Å². The molecular formula is C23H25NO5. The number of fused-ring (bicyclic) bond motifs is 1. The van der Waals surface area contributed by atoms with Gasteiger partial charge in [0.1, 0.15) is 5.57 Å². The Morgan fingerprint density at radius 3 is 2.66 bits per heavy atom. The molecule has 2 aromatic carbocycles. The van der Waals surface area contributed by atoms with Gasteiger partial charge in [0.25, 0.3) is 0 Å². The van der Waals surface area contributed by atoms with Gasteiger partial charge in [-0.3, -0.25) is 9.69 Å². The molecule has 152 valence electrons. The van der Waals surface area contributed by atoms with Crippen molar-refractivity contribution in [1.29, 1.82) is 0 Å². The molecule has 4 rings (SSSR count). The molecule has 0 aromatic heterocycles. The van der Waals surface area contributed by atoms with Gasteiger partial charge in [-0.25, -0.2) is 4.79 Å². The lowest BCUT2D eigenvalue weighted by molar-refractivity contribution is -0.141. The molecule has 0 saturated carbocycles. The van der Waals surface area contributed by atoms with Gasteiger partial charge in [0.2, 0.25) is 0 Å². The third kappa shape index (κ3) is 4.49. The van der Waals surface area contributed by atoms with Gasteiger partial charge in [-0.05, 0) is 35.7 Å². The molecule has 0 amide bonds. The van der Waals surface area contributed by atoms with Crippen molar-refractivity contribution in [2.45, 2.75) is 25.4 Å². The first-order chi connectivity index (χ1) is 14.1. The summed E-state index contributed by atoms with van der Waals surface area (Å²) < 4.78 is 10.6. The molecule has 2 heterocycles. The number of rotatable bonds is 7. The second-order valence-electron chi connectivity index (χ2n) is 7.53. The molecular weight excluding hydrogens is 370 g/mol. The third-order valence-corrected chi connectivity index (χ3v) is 5.52. The Morgan fingerprint density at radius 1 is 1.10 bits per heavy atom. The first-order valence-corrected chi connectivity index (χ1v) is 10.1. The zero-order chi connectivity index (χ0) is 20.2. The highest BCUT2D eigenvalue weighted by molar-refractivity contribution is 6.19. The van der Waals surface area contributed by atoms with E-state index >= 15 is 0 Å². The topological polar surface area (TPSA) is 76.1 Å². The molecule has 2 aromatic rings. The molecule has 1 N–H and O–H groups in total. The lowest BCUT2D eigenvalue weighted by atomic mass is 9.99. The van der Waals surface area contributed by atoms with Crippen LogP contribution in [0.2, 0.25) is 0 Å². The number of hydrogen-bond acceptors (Lipinski definition) is 6. The fourth-order valence-corrected chi connectivity index (χ4v) is 3.91. The van der Waals surface area contributed by atoms with E-state index in [-0.39, 0.29) is 17.8 Å². The van der Waals surface area contributed by atoms with Crippen molar-refractivity contribution in [3.8, 4) is 0 Å². The van der Waals surface area contributed by atoms with Crippen molar-refractivity contribution in [1.82, 2.24) is 4.90 Å². The molecule has 1 unspecified atom stereocenters. The van der Waals surface area contributed by atoms with Crippen LogP contribution in [0.5, 0.6) is 0 Å². The molecule has 0 bridgehead atoms. The van der Waals surface area contributed by atoms with Crippen LogP contribution in [0.1, 0.15) is 18.4 Å². The summed E-state index contributed by atoms with van der Waals surface area (Å²) in [7, 11) is 0.